The van der Waals surface area contributed by atoms with E-state index in [0.717, 1.165) is 52.4 Å². The molecule has 1 fully saturated rings. The molecule has 0 radical (unpaired) electrons. The number of benzene rings is 2. The molecule has 0 saturated carbocycles. The van der Waals surface area contributed by atoms with Gasteiger partial charge in [0.2, 0.25) is 5.91 Å². The second-order valence-corrected chi connectivity index (χ2v) is 8.32. The highest BCUT2D eigenvalue weighted by molar-refractivity contribution is 5.89. The van der Waals surface area contributed by atoms with Crippen LogP contribution in [0.3, 0.4) is 0 Å². The molecule has 1 saturated heterocycles. The summed E-state index contributed by atoms with van der Waals surface area (Å²) >= 11 is 0. The summed E-state index contributed by atoms with van der Waals surface area (Å²) in [7, 11) is 3.68. The number of aromatic nitrogens is 3. The first kappa shape index (κ1) is 21.0. The van der Waals surface area contributed by atoms with E-state index in [-0.39, 0.29) is 5.91 Å². The minimum absolute atomic E-state index is 0.174. The summed E-state index contributed by atoms with van der Waals surface area (Å²) in [6.07, 6.45) is 4.10. The lowest BCUT2D eigenvalue weighted by molar-refractivity contribution is -0.130. The number of anilines is 1. The predicted octanol–water partition coefficient (Wildman–Crippen LogP) is 3.54. The third kappa shape index (κ3) is 4.26. The van der Waals surface area contributed by atoms with Crippen molar-refractivity contribution in [3.63, 3.8) is 0 Å². The van der Waals surface area contributed by atoms with Gasteiger partial charge in [0.15, 0.2) is 0 Å². The summed E-state index contributed by atoms with van der Waals surface area (Å²) in [4.78, 5) is 26.1. The fraction of sp³-hybridized carbons (Fsp3) is 0.269. The maximum atomic E-state index is 13.0. The first-order valence-electron chi connectivity index (χ1n) is 11.1. The van der Waals surface area contributed by atoms with Gasteiger partial charge in [0.25, 0.3) is 0 Å². The van der Waals surface area contributed by atoms with Crippen LogP contribution in [-0.4, -0.2) is 58.6 Å². The van der Waals surface area contributed by atoms with E-state index >= 15 is 0 Å². The number of hydrogen-bond acceptors (Lipinski definition) is 5. The minimum Gasteiger partial charge on any atom is -0.497 e. The van der Waals surface area contributed by atoms with E-state index in [9.17, 15) is 4.79 Å². The average molecular weight is 442 g/mol. The molecule has 2 aromatic carbocycles. The zero-order chi connectivity index (χ0) is 22.8. The van der Waals surface area contributed by atoms with E-state index in [1.54, 1.807) is 13.4 Å². The Labute approximate surface area is 193 Å². The topological polar surface area (TPSA) is 63.5 Å². The quantitative estimate of drug-likeness (QED) is 0.474. The van der Waals surface area contributed by atoms with Crippen LogP contribution in [0.5, 0.6) is 5.75 Å². The van der Waals surface area contributed by atoms with Crippen molar-refractivity contribution in [1.29, 1.82) is 0 Å². The number of nitrogens with zero attached hydrogens (tertiary/aromatic N) is 5. The van der Waals surface area contributed by atoms with Gasteiger partial charge < -0.3 is 19.1 Å². The highest BCUT2D eigenvalue weighted by Crippen LogP contribution is 2.25. The Bertz CT molecular complexity index is 1270. The van der Waals surface area contributed by atoms with Gasteiger partial charge in [-0.1, -0.05) is 18.2 Å². The highest BCUT2D eigenvalue weighted by Gasteiger charge is 2.23. The lowest BCUT2D eigenvalue weighted by Gasteiger charge is -2.35. The SMILES string of the molecule is COc1ccc(-c2cc(N3CCN(C(=O)Cc4cn(C)c5ccccc45)CC3)ncn2)cc1. The van der Waals surface area contributed by atoms with Crippen molar-refractivity contribution in [2.45, 2.75) is 6.42 Å². The van der Waals surface area contributed by atoms with Crippen molar-refractivity contribution in [3.8, 4) is 17.0 Å². The van der Waals surface area contributed by atoms with Crippen LogP contribution in [0.4, 0.5) is 5.82 Å². The summed E-state index contributed by atoms with van der Waals surface area (Å²) in [6, 6.07) is 18.1. The lowest BCUT2D eigenvalue weighted by atomic mass is 10.1. The van der Waals surface area contributed by atoms with Gasteiger partial charge in [-0.25, -0.2) is 9.97 Å². The Balaban J connectivity index is 1.24. The molecular formula is C26H27N5O2. The Morgan fingerprint density at radius 2 is 1.76 bits per heavy atom. The largest absolute Gasteiger partial charge is 0.497 e. The molecule has 0 unspecified atom stereocenters. The molecule has 1 aliphatic rings. The van der Waals surface area contributed by atoms with Gasteiger partial charge in [0, 0.05) is 62.0 Å². The van der Waals surface area contributed by atoms with E-state index < -0.39 is 0 Å². The summed E-state index contributed by atoms with van der Waals surface area (Å²) in [5.74, 6) is 1.88. The average Bonchev–Trinajstić information content (AvgIpc) is 3.19. The van der Waals surface area contributed by atoms with Crippen LogP contribution in [0.1, 0.15) is 5.56 Å². The predicted molar refractivity (Wildman–Crippen MR) is 129 cm³/mol. The summed E-state index contributed by atoms with van der Waals surface area (Å²) in [5.41, 5.74) is 4.13. The molecule has 0 bridgehead atoms. The standard InChI is InChI=1S/C26H27N5O2/c1-29-17-20(22-5-3-4-6-24(22)29)15-26(32)31-13-11-30(12-14-31)25-16-23(27-18-28-25)19-7-9-21(33-2)10-8-19/h3-10,16-18H,11-15H2,1-2H3. The molecule has 168 valence electrons. The molecule has 0 spiro atoms. The van der Waals surface area contributed by atoms with Crippen LogP contribution in [0.15, 0.2) is 67.1 Å². The number of carbonyl (C=O) groups excluding carboxylic acids is 1. The van der Waals surface area contributed by atoms with Gasteiger partial charge in [-0.2, -0.15) is 0 Å². The first-order chi connectivity index (χ1) is 16.1. The second kappa shape index (κ2) is 8.94. The maximum absolute atomic E-state index is 13.0. The lowest BCUT2D eigenvalue weighted by Crippen LogP contribution is -2.49. The zero-order valence-electron chi connectivity index (χ0n) is 18.9. The summed E-state index contributed by atoms with van der Waals surface area (Å²) < 4.78 is 7.33. The Hall–Kier alpha value is -3.87. The van der Waals surface area contributed by atoms with Crippen molar-refractivity contribution in [3.05, 3.63) is 72.7 Å². The van der Waals surface area contributed by atoms with Gasteiger partial charge >= 0.3 is 0 Å². The van der Waals surface area contributed by atoms with Gasteiger partial charge in [0.1, 0.15) is 17.9 Å². The van der Waals surface area contributed by atoms with E-state index in [4.69, 9.17) is 4.74 Å². The van der Waals surface area contributed by atoms with E-state index in [0.29, 0.717) is 19.5 Å². The molecule has 4 aromatic rings. The van der Waals surface area contributed by atoms with Crippen LogP contribution in [-0.2, 0) is 18.3 Å². The van der Waals surface area contributed by atoms with Crippen LogP contribution in [0, 0.1) is 0 Å². The third-order valence-corrected chi connectivity index (χ3v) is 6.32. The Kier molecular flexibility index (Phi) is 5.69. The molecule has 3 heterocycles. The molecule has 1 amide bonds. The molecule has 0 aliphatic carbocycles. The Morgan fingerprint density at radius 3 is 2.52 bits per heavy atom. The number of para-hydroxylation sites is 1. The van der Waals surface area contributed by atoms with Crippen LogP contribution in [0.2, 0.25) is 0 Å². The number of carbonyl (C=O) groups is 1. The third-order valence-electron chi connectivity index (χ3n) is 6.32. The van der Waals surface area contributed by atoms with Crippen LogP contribution in [0.25, 0.3) is 22.2 Å². The van der Waals surface area contributed by atoms with Gasteiger partial charge in [-0.15, -0.1) is 0 Å². The number of aryl methyl sites for hydroxylation is 1. The molecule has 7 heteroatoms. The van der Waals surface area contributed by atoms with Gasteiger partial charge in [0.05, 0.1) is 19.2 Å². The van der Waals surface area contributed by atoms with Crippen molar-refractivity contribution in [1.82, 2.24) is 19.4 Å². The van der Waals surface area contributed by atoms with Crippen molar-refractivity contribution < 1.29 is 9.53 Å². The molecule has 1 aliphatic heterocycles. The first-order valence-corrected chi connectivity index (χ1v) is 11.1. The number of methoxy groups -OCH3 is 1. The second-order valence-electron chi connectivity index (χ2n) is 8.32. The number of piperazine rings is 1. The molecule has 0 N–H and O–H groups in total. The van der Waals surface area contributed by atoms with Crippen molar-refractivity contribution in [2.75, 3.05) is 38.2 Å². The van der Waals surface area contributed by atoms with Gasteiger partial charge in [-0.3, -0.25) is 4.79 Å². The minimum atomic E-state index is 0.174. The van der Waals surface area contributed by atoms with Crippen molar-refractivity contribution in [2.24, 2.45) is 7.05 Å². The van der Waals surface area contributed by atoms with Crippen LogP contribution < -0.4 is 9.64 Å². The number of rotatable bonds is 5. The molecule has 7 nitrogen and oxygen atoms in total. The number of ether oxygens (including phenoxy) is 1. The van der Waals surface area contributed by atoms with Crippen molar-refractivity contribution >= 4 is 22.6 Å². The Morgan fingerprint density at radius 1 is 1.00 bits per heavy atom. The van der Waals surface area contributed by atoms with E-state index in [2.05, 4.69) is 37.8 Å². The number of fused-ring (bicyclic) bond motifs is 1. The summed E-state index contributed by atoms with van der Waals surface area (Å²) in [6.45, 7) is 2.87. The monoisotopic (exact) mass is 441 g/mol. The molecule has 0 atom stereocenters. The van der Waals surface area contributed by atoms with E-state index in [1.807, 2.05) is 54.4 Å². The van der Waals surface area contributed by atoms with Crippen LogP contribution >= 0.6 is 0 Å². The maximum Gasteiger partial charge on any atom is 0.227 e. The molecule has 2 aromatic heterocycles. The molecular weight excluding hydrogens is 414 g/mol. The highest BCUT2D eigenvalue weighted by atomic mass is 16.5. The number of amides is 1. The fourth-order valence-corrected chi connectivity index (χ4v) is 4.47. The smallest absolute Gasteiger partial charge is 0.227 e. The normalized spacial score (nSPS) is 14.0. The molecule has 33 heavy (non-hydrogen) atoms. The zero-order valence-corrected chi connectivity index (χ0v) is 18.9. The fourth-order valence-electron chi connectivity index (χ4n) is 4.47. The van der Waals surface area contributed by atoms with Gasteiger partial charge in [-0.05, 0) is 35.9 Å². The summed E-state index contributed by atoms with van der Waals surface area (Å²) in [5, 5.41) is 1.15. The number of hydrogen-bond donors (Lipinski definition) is 0. The molecule has 5 rings (SSSR count). The van der Waals surface area contributed by atoms with E-state index in [1.165, 1.54) is 0 Å².